The molecule has 0 bridgehead atoms. The van der Waals surface area contributed by atoms with Gasteiger partial charge in [-0.05, 0) is 12.1 Å². The van der Waals surface area contributed by atoms with Crippen molar-refractivity contribution in [2.75, 3.05) is 0 Å². The second-order valence-electron chi connectivity index (χ2n) is 4.11. The Bertz CT molecular complexity index is 647. The van der Waals surface area contributed by atoms with Crippen LogP contribution in [0, 0.1) is 29.1 Å². The molecule has 0 radical (unpaired) electrons. The van der Waals surface area contributed by atoms with Crippen LogP contribution in [0.1, 0.15) is 16.5 Å². The molecule has 2 rings (SSSR count). The zero-order valence-electron chi connectivity index (χ0n) is 10.2. The highest BCUT2D eigenvalue weighted by Crippen LogP contribution is 2.31. The van der Waals surface area contributed by atoms with Crippen molar-refractivity contribution in [1.82, 2.24) is 5.43 Å². The minimum atomic E-state index is -2.20. The maximum Gasteiger partial charge on any atom is 0.200 e. The van der Waals surface area contributed by atoms with Crippen LogP contribution >= 0.6 is 22.9 Å². The quantitative estimate of drug-likeness (QED) is 0.291. The van der Waals surface area contributed by atoms with Crippen molar-refractivity contribution in [3.05, 3.63) is 56.0 Å². The standard InChI is InChI=1S/C12H8ClF5N2S/c13-6-2-1-4(21-6)3-5(20-19)7-8(14)10(16)12(18)11(17)9(7)15/h1-2,5,20H,3,19H2. The molecule has 0 aliphatic rings. The van der Waals surface area contributed by atoms with Crippen LogP contribution in [-0.2, 0) is 6.42 Å². The maximum absolute atomic E-state index is 13.7. The molecule has 1 aromatic carbocycles. The van der Waals surface area contributed by atoms with Crippen LogP contribution < -0.4 is 11.3 Å². The van der Waals surface area contributed by atoms with Crippen molar-refractivity contribution < 1.29 is 22.0 Å². The van der Waals surface area contributed by atoms with E-state index in [1.165, 1.54) is 0 Å². The molecular weight excluding hydrogens is 335 g/mol. The fourth-order valence-electron chi connectivity index (χ4n) is 1.83. The van der Waals surface area contributed by atoms with Gasteiger partial charge in [-0.1, -0.05) is 11.6 Å². The molecule has 3 N–H and O–H groups in total. The monoisotopic (exact) mass is 342 g/mol. The summed E-state index contributed by atoms with van der Waals surface area (Å²) in [7, 11) is 0. The minimum Gasteiger partial charge on any atom is -0.271 e. The van der Waals surface area contributed by atoms with Gasteiger partial charge in [-0.2, -0.15) is 0 Å². The Morgan fingerprint density at radius 3 is 1.95 bits per heavy atom. The molecule has 0 spiro atoms. The van der Waals surface area contributed by atoms with Crippen LogP contribution in [0.4, 0.5) is 22.0 Å². The van der Waals surface area contributed by atoms with Gasteiger partial charge in [-0.3, -0.25) is 11.3 Å². The van der Waals surface area contributed by atoms with Crippen molar-refractivity contribution in [2.24, 2.45) is 5.84 Å². The smallest absolute Gasteiger partial charge is 0.200 e. The molecule has 0 fully saturated rings. The molecule has 0 aliphatic carbocycles. The molecule has 9 heteroatoms. The van der Waals surface area contributed by atoms with Gasteiger partial charge in [-0.25, -0.2) is 22.0 Å². The van der Waals surface area contributed by atoms with Crippen molar-refractivity contribution in [1.29, 1.82) is 0 Å². The van der Waals surface area contributed by atoms with Crippen molar-refractivity contribution in [3.8, 4) is 0 Å². The third kappa shape index (κ3) is 3.03. The Morgan fingerprint density at radius 1 is 1.00 bits per heavy atom. The highest BCUT2D eigenvalue weighted by atomic mass is 35.5. The van der Waals surface area contributed by atoms with Crippen molar-refractivity contribution >= 4 is 22.9 Å². The number of hydrogen-bond donors (Lipinski definition) is 2. The Labute approximate surface area is 125 Å². The first-order valence-electron chi connectivity index (χ1n) is 5.58. The summed E-state index contributed by atoms with van der Waals surface area (Å²) >= 11 is 6.83. The molecule has 1 aromatic heterocycles. The van der Waals surface area contributed by atoms with E-state index in [0.29, 0.717) is 9.21 Å². The average molecular weight is 343 g/mol. The molecule has 1 unspecified atom stereocenters. The first kappa shape index (κ1) is 16.2. The second kappa shape index (κ2) is 6.27. The van der Waals surface area contributed by atoms with Crippen LogP contribution in [0.5, 0.6) is 0 Å². The zero-order chi connectivity index (χ0) is 15.7. The lowest BCUT2D eigenvalue weighted by atomic mass is 10.0. The maximum atomic E-state index is 13.7. The molecule has 21 heavy (non-hydrogen) atoms. The lowest BCUT2D eigenvalue weighted by Gasteiger charge is -2.18. The van der Waals surface area contributed by atoms with E-state index in [1.807, 2.05) is 0 Å². The van der Waals surface area contributed by atoms with Gasteiger partial charge < -0.3 is 0 Å². The number of rotatable bonds is 4. The summed E-state index contributed by atoms with van der Waals surface area (Å²) in [5, 5.41) is 0. The minimum absolute atomic E-state index is 0.0771. The van der Waals surface area contributed by atoms with E-state index in [2.05, 4.69) is 5.43 Å². The number of nitrogens with one attached hydrogen (secondary N) is 1. The number of hydrazine groups is 1. The SMILES string of the molecule is NNC(Cc1ccc(Cl)s1)c1c(F)c(F)c(F)c(F)c1F. The third-order valence-corrected chi connectivity index (χ3v) is 4.08. The van der Waals surface area contributed by atoms with Gasteiger partial charge in [0.2, 0.25) is 5.82 Å². The van der Waals surface area contributed by atoms with E-state index in [4.69, 9.17) is 17.4 Å². The van der Waals surface area contributed by atoms with E-state index in [9.17, 15) is 22.0 Å². The van der Waals surface area contributed by atoms with E-state index in [0.717, 1.165) is 11.3 Å². The molecule has 1 heterocycles. The number of nitrogens with two attached hydrogens (primary N) is 1. The summed E-state index contributed by atoms with van der Waals surface area (Å²) in [4.78, 5) is 0.576. The zero-order valence-corrected chi connectivity index (χ0v) is 11.8. The molecule has 2 nitrogen and oxygen atoms in total. The fourth-order valence-corrected chi connectivity index (χ4v) is 2.97. The van der Waals surface area contributed by atoms with Gasteiger partial charge in [0, 0.05) is 16.9 Å². The predicted octanol–water partition coefficient (Wildman–Crippen LogP) is 3.84. The topological polar surface area (TPSA) is 38.0 Å². The number of thiophene rings is 1. The Kier molecular flexibility index (Phi) is 4.82. The average Bonchev–Trinajstić information content (AvgIpc) is 2.87. The Balaban J connectivity index is 2.47. The summed E-state index contributed by atoms with van der Waals surface area (Å²) in [6.07, 6.45) is -0.0771. The van der Waals surface area contributed by atoms with Gasteiger partial charge in [0.05, 0.1) is 10.4 Å². The summed E-state index contributed by atoms with van der Waals surface area (Å²) in [5.74, 6) is -4.84. The van der Waals surface area contributed by atoms with Crippen LogP contribution in [0.25, 0.3) is 0 Å². The molecule has 1 atom stereocenters. The lowest BCUT2D eigenvalue weighted by Crippen LogP contribution is -2.31. The largest absolute Gasteiger partial charge is 0.271 e. The van der Waals surface area contributed by atoms with E-state index in [1.54, 1.807) is 12.1 Å². The highest BCUT2D eigenvalue weighted by molar-refractivity contribution is 7.16. The molecule has 0 aliphatic heterocycles. The first-order valence-corrected chi connectivity index (χ1v) is 6.78. The number of halogens is 6. The van der Waals surface area contributed by atoms with Gasteiger partial charge >= 0.3 is 0 Å². The molecule has 2 aromatic rings. The predicted molar refractivity (Wildman–Crippen MR) is 69.3 cm³/mol. The van der Waals surface area contributed by atoms with Crippen LogP contribution in [0.2, 0.25) is 4.34 Å². The van der Waals surface area contributed by atoms with E-state index >= 15 is 0 Å². The summed E-state index contributed by atoms with van der Waals surface area (Å²) in [6.45, 7) is 0. The molecule has 0 saturated heterocycles. The van der Waals surface area contributed by atoms with E-state index < -0.39 is 40.7 Å². The lowest BCUT2D eigenvalue weighted by molar-refractivity contribution is 0.356. The number of benzene rings is 1. The van der Waals surface area contributed by atoms with E-state index in [-0.39, 0.29) is 6.42 Å². The number of hydrogen-bond acceptors (Lipinski definition) is 3. The molecule has 114 valence electrons. The first-order chi connectivity index (χ1) is 9.86. The van der Waals surface area contributed by atoms with Gasteiger partial charge in [0.15, 0.2) is 23.3 Å². The Morgan fingerprint density at radius 2 is 1.52 bits per heavy atom. The summed E-state index contributed by atoms with van der Waals surface area (Å²) in [6, 6.07) is 1.83. The summed E-state index contributed by atoms with van der Waals surface area (Å²) in [5.41, 5.74) is 1.06. The fraction of sp³-hybridized carbons (Fsp3) is 0.167. The highest BCUT2D eigenvalue weighted by Gasteiger charge is 2.30. The van der Waals surface area contributed by atoms with Crippen LogP contribution in [-0.4, -0.2) is 0 Å². The summed E-state index contributed by atoms with van der Waals surface area (Å²) < 4.78 is 67.2. The van der Waals surface area contributed by atoms with Gasteiger partial charge in [0.25, 0.3) is 0 Å². The van der Waals surface area contributed by atoms with Gasteiger partial charge in [0.1, 0.15) is 0 Å². The van der Waals surface area contributed by atoms with Crippen molar-refractivity contribution in [2.45, 2.75) is 12.5 Å². The van der Waals surface area contributed by atoms with Crippen LogP contribution in [0.15, 0.2) is 12.1 Å². The molecule has 0 amide bonds. The molecule has 0 saturated carbocycles. The third-order valence-electron chi connectivity index (χ3n) is 2.83. The molecular formula is C12H8ClF5N2S. The Hall–Kier alpha value is -1.22. The normalized spacial score (nSPS) is 12.7. The van der Waals surface area contributed by atoms with Gasteiger partial charge in [-0.15, -0.1) is 11.3 Å². The van der Waals surface area contributed by atoms with Crippen molar-refractivity contribution in [3.63, 3.8) is 0 Å². The second-order valence-corrected chi connectivity index (χ2v) is 5.91. The van der Waals surface area contributed by atoms with Crippen LogP contribution in [0.3, 0.4) is 0 Å².